The van der Waals surface area contributed by atoms with Crippen LogP contribution in [-0.2, 0) is 29.9 Å². The molecule has 0 radical (unpaired) electrons. The predicted molar refractivity (Wildman–Crippen MR) is 84.5 cm³/mol. The molecule has 26 heavy (non-hydrogen) atoms. The number of hydrogen-bond acceptors (Lipinski definition) is 6. The van der Waals surface area contributed by atoms with Crippen LogP contribution in [0.2, 0.25) is 0 Å². The Morgan fingerprint density at radius 3 is 1.58 bits per heavy atom. The third-order valence-electron chi connectivity index (χ3n) is 6.22. The largest absolute Gasteiger partial charge is 0.468 e. The molecule has 4 heterocycles. The average molecular weight is 354 g/mol. The van der Waals surface area contributed by atoms with E-state index in [1.807, 2.05) is 0 Å². The molecule has 3 aliphatic rings. The van der Waals surface area contributed by atoms with E-state index in [-0.39, 0.29) is 11.8 Å². The number of fused-ring (bicyclic) bond motifs is 8. The van der Waals surface area contributed by atoms with Crippen LogP contribution in [0.15, 0.2) is 36.7 Å². The molecule has 0 bridgehead atoms. The van der Waals surface area contributed by atoms with Crippen molar-refractivity contribution in [2.45, 2.75) is 10.8 Å². The Hall–Kier alpha value is -3.16. The molecule has 8 heteroatoms. The minimum atomic E-state index is -1.62. The zero-order valence-corrected chi connectivity index (χ0v) is 14.0. The molecule has 2 aliphatic heterocycles. The molecule has 132 valence electrons. The van der Waals surface area contributed by atoms with Crippen molar-refractivity contribution in [1.29, 1.82) is 0 Å². The Bertz CT molecular complexity index is 950. The van der Waals surface area contributed by atoms with Gasteiger partial charge in [0.2, 0.25) is 11.8 Å². The lowest BCUT2D eigenvalue weighted by molar-refractivity contribution is -0.182. The van der Waals surface area contributed by atoms with E-state index in [1.54, 1.807) is 24.3 Å². The number of carbonyl (C=O) groups is 4. The van der Waals surface area contributed by atoms with Crippen LogP contribution >= 0.6 is 0 Å². The van der Waals surface area contributed by atoms with Crippen molar-refractivity contribution >= 4 is 23.8 Å². The second-order valence-electron chi connectivity index (χ2n) is 6.76. The summed E-state index contributed by atoms with van der Waals surface area (Å²) in [6.07, 6.45) is 3.07. The summed E-state index contributed by atoms with van der Waals surface area (Å²) in [7, 11) is 2.41. The van der Waals surface area contributed by atoms with Crippen molar-refractivity contribution in [3.8, 4) is 0 Å². The molecule has 0 aromatic carbocycles. The van der Waals surface area contributed by atoms with Crippen LogP contribution < -0.4 is 0 Å². The lowest BCUT2D eigenvalue weighted by Crippen LogP contribution is -2.76. The molecule has 0 spiro atoms. The quantitative estimate of drug-likeness (QED) is 0.723. The van der Waals surface area contributed by atoms with Crippen molar-refractivity contribution < 1.29 is 28.7 Å². The number of carbonyl (C=O) groups excluding carboxylic acids is 4. The normalized spacial score (nSPS) is 33.0. The maximum Gasteiger partial charge on any atom is 0.320 e. The van der Waals surface area contributed by atoms with Crippen LogP contribution in [0.5, 0.6) is 0 Å². The molecule has 8 nitrogen and oxygen atoms in total. The highest BCUT2D eigenvalue weighted by Crippen LogP contribution is 2.72. The molecule has 4 atom stereocenters. The van der Waals surface area contributed by atoms with Crippen LogP contribution in [-0.4, -0.2) is 47.1 Å². The van der Waals surface area contributed by atoms with Gasteiger partial charge in [0.1, 0.15) is 10.8 Å². The first-order chi connectivity index (χ1) is 12.5. The highest BCUT2D eigenvalue weighted by atomic mass is 16.5. The summed E-state index contributed by atoms with van der Waals surface area (Å²) >= 11 is 0. The summed E-state index contributed by atoms with van der Waals surface area (Å²) in [5.74, 6) is -4.23. The van der Waals surface area contributed by atoms with Crippen LogP contribution in [0.3, 0.4) is 0 Å². The van der Waals surface area contributed by atoms with Gasteiger partial charge in [-0.25, -0.2) is 0 Å². The summed E-state index contributed by atoms with van der Waals surface area (Å²) in [4.78, 5) is 52.2. The number of rotatable bonds is 2. The summed E-state index contributed by atoms with van der Waals surface area (Å²) < 4.78 is 12.8. The van der Waals surface area contributed by atoms with Gasteiger partial charge in [0.05, 0.1) is 26.1 Å². The van der Waals surface area contributed by atoms with Crippen molar-refractivity contribution in [1.82, 2.24) is 9.13 Å². The van der Waals surface area contributed by atoms with E-state index in [0.717, 1.165) is 0 Å². The maximum absolute atomic E-state index is 13.1. The summed E-state index contributed by atoms with van der Waals surface area (Å²) in [5, 5.41) is 0. The highest BCUT2D eigenvalue weighted by molar-refractivity contribution is 6.16. The number of aromatic nitrogens is 2. The maximum atomic E-state index is 13.1. The molecule has 5 rings (SSSR count). The first-order valence-corrected chi connectivity index (χ1v) is 8.10. The van der Waals surface area contributed by atoms with Gasteiger partial charge in [-0.2, -0.15) is 0 Å². The molecule has 1 aliphatic carbocycles. The molecule has 0 saturated heterocycles. The lowest BCUT2D eigenvalue weighted by Gasteiger charge is -2.56. The molecule has 2 unspecified atom stereocenters. The Kier molecular flexibility index (Phi) is 2.51. The highest BCUT2D eigenvalue weighted by Gasteiger charge is 2.90. The second kappa shape index (κ2) is 4.32. The van der Waals surface area contributed by atoms with Gasteiger partial charge in [0.25, 0.3) is 0 Å². The Morgan fingerprint density at radius 1 is 0.846 bits per heavy atom. The standard InChI is InChI=1S/C18H14N2O6/c1-25-15(23)17-9-5-3-7-19(9)13(21)11(17)12-14(22)20-8-4-6-10(20)18(12,17)16(24)26-2/h3-8,11-12H,1-2H3/t11?,12?,17-,18-/m1/s1. The molecular weight excluding hydrogens is 340 g/mol. The van der Waals surface area contributed by atoms with Gasteiger partial charge >= 0.3 is 11.9 Å². The van der Waals surface area contributed by atoms with E-state index in [0.29, 0.717) is 11.4 Å². The van der Waals surface area contributed by atoms with Gasteiger partial charge in [0.15, 0.2) is 0 Å². The van der Waals surface area contributed by atoms with Crippen LogP contribution in [0.1, 0.15) is 21.0 Å². The molecule has 1 saturated carbocycles. The zero-order valence-electron chi connectivity index (χ0n) is 14.0. The van der Waals surface area contributed by atoms with Gasteiger partial charge in [-0.3, -0.25) is 28.3 Å². The van der Waals surface area contributed by atoms with E-state index < -0.39 is 34.6 Å². The van der Waals surface area contributed by atoms with Crippen LogP contribution in [0.25, 0.3) is 0 Å². The van der Waals surface area contributed by atoms with Gasteiger partial charge in [0, 0.05) is 23.8 Å². The number of esters is 2. The van der Waals surface area contributed by atoms with Crippen molar-refractivity contribution in [2.75, 3.05) is 14.2 Å². The smallest absolute Gasteiger partial charge is 0.320 e. The Morgan fingerprint density at radius 2 is 1.23 bits per heavy atom. The third-order valence-corrected chi connectivity index (χ3v) is 6.22. The number of ether oxygens (including phenoxy) is 2. The Labute approximate surface area is 147 Å². The van der Waals surface area contributed by atoms with Crippen molar-refractivity contribution in [2.24, 2.45) is 11.8 Å². The van der Waals surface area contributed by atoms with Crippen molar-refractivity contribution in [3.63, 3.8) is 0 Å². The fourth-order valence-corrected chi connectivity index (χ4v) is 5.47. The first kappa shape index (κ1) is 15.1. The van der Waals surface area contributed by atoms with Gasteiger partial charge in [-0.05, 0) is 24.3 Å². The topological polar surface area (TPSA) is 96.6 Å². The van der Waals surface area contributed by atoms with Gasteiger partial charge in [-0.15, -0.1) is 0 Å². The zero-order chi connectivity index (χ0) is 18.4. The fraction of sp³-hybridized carbons (Fsp3) is 0.333. The van der Waals surface area contributed by atoms with E-state index in [2.05, 4.69) is 0 Å². The van der Waals surface area contributed by atoms with E-state index >= 15 is 0 Å². The molecule has 2 aromatic heterocycles. The molecular formula is C18H14N2O6. The minimum absolute atomic E-state index is 0.350. The first-order valence-electron chi connectivity index (χ1n) is 8.10. The molecule has 1 fully saturated rings. The molecule has 0 N–H and O–H groups in total. The fourth-order valence-electron chi connectivity index (χ4n) is 5.47. The van der Waals surface area contributed by atoms with E-state index in [9.17, 15) is 19.2 Å². The number of nitrogens with zero attached hydrogens (tertiary/aromatic N) is 2. The number of methoxy groups -OCH3 is 2. The summed E-state index contributed by atoms with van der Waals surface area (Å²) in [5.41, 5.74) is -2.54. The Balaban J connectivity index is 1.93. The predicted octanol–water partition coefficient (Wildman–Crippen LogP) is 0.365. The van der Waals surface area contributed by atoms with Gasteiger partial charge < -0.3 is 9.47 Å². The SMILES string of the molecule is COC(=O)[C@@]12c3cccn3C(=O)C1C1C(=O)n3cccc3[C@]12C(=O)OC. The monoisotopic (exact) mass is 354 g/mol. The summed E-state index contributed by atoms with van der Waals surface area (Å²) in [6.45, 7) is 0. The average Bonchev–Trinajstić information content (AvgIpc) is 3.35. The number of hydrogen-bond donors (Lipinski definition) is 0. The molecule has 2 aromatic rings. The van der Waals surface area contributed by atoms with E-state index in [1.165, 1.54) is 35.7 Å². The van der Waals surface area contributed by atoms with Crippen LogP contribution in [0.4, 0.5) is 0 Å². The lowest BCUT2D eigenvalue weighted by atomic mass is 9.37. The molecule has 0 amide bonds. The second-order valence-corrected chi connectivity index (χ2v) is 6.76. The minimum Gasteiger partial charge on any atom is -0.468 e. The summed E-state index contributed by atoms with van der Waals surface area (Å²) in [6, 6.07) is 6.49. The van der Waals surface area contributed by atoms with Crippen molar-refractivity contribution in [3.05, 3.63) is 48.0 Å². The third kappa shape index (κ3) is 1.11. The van der Waals surface area contributed by atoms with Gasteiger partial charge in [-0.1, -0.05) is 0 Å². The van der Waals surface area contributed by atoms with Crippen LogP contribution in [0, 0.1) is 11.8 Å². The van der Waals surface area contributed by atoms with E-state index in [4.69, 9.17) is 9.47 Å².